The van der Waals surface area contributed by atoms with Crippen LogP contribution in [0.5, 0.6) is 0 Å². The van der Waals surface area contributed by atoms with Crippen LogP contribution in [-0.4, -0.2) is 44.0 Å². The van der Waals surface area contributed by atoms with Crippen molar-refractivity contribution in [3.8, 4) is 0 Å². The van der Waals surface area contributed by atoms with E-state index in [9.17, 15) is 4.79 Å². The minimum atomic E-state index is 0.119. The Kier molecular flexibility index (Phi) is 4.10. The number of carbonyl (C=O) groups is 1. The van der Waals surface area contributed by atoms with Crippen LogP contribution in [0.2, 0.25) is 0 Å². The van der Waals surface area contributed by atoms with E-state index >= 15 is 0 Å². The number of amides is 1. The molecule has 19 heavy (non-hydrogen) atoms. The maximum atomic E-state index is 12.4. The van der Waals surface area contributed by atoms with Gasteiger partial charge in [0, 0.05) is 44.5 Å². The molecule has 1 saturated heterocycles. The zero-order chi connectivity index (χ0) is 14.0. The number of benzene rings is 1. The molecule has 4 nitrogen and oxygen atoms in total. The van der Waals surface area contributed by atoms with Gasteiger partial charge in [-0.25, -0.2) is 0 Å². The van der Waals surface area contributed by atoms with Crippen molar-refractivity contribution < 1.29 is 4.79 Å². The van der Waals surface area contributed by atoms with E-state index in [4.69, 9.17) is 5.73 Å². The summed E-state index contributed by atoms with van der Waals surface area (Å²) < 4.78 is 0. The minimum Gasteiger partial charge on any atom is -0.378 e. The normalized spacial score (nSPS) is 20.4. The first-order chi connectivity index (χ1) is 8.99. The Hall–Kier alpha value is -1.55. The Balaban J connectivity index is 2.04. The van der Waals surface area contributed by atoms with Gasteiger partial charge in [-0.15, -0.1) is 0 Å². The minimum absolute atomic E-state index is 0.119. The molecule has 0 spiro atoms. The van der Waals surface area contributed by atoms with E-state index in [1.807, 2.05) is 55.1 Å². The Labute approximate surface area is 115 Å². The standard InChI is InChI=1S/C15H23N3O/c1-11(16)13-8-9-18(10-13)15(19)12-4-6-14(7-5-12)17(2)3/h4-7,11,13H,8-10,16H2,1-3H3. The second-order valence-electron chi connectivity index (χ2n) is 5.60. The number of anilines is 1. The number of nitrogens with two attached hydrogens (primary N) is 1. The van der Waals surface area contributed by atoms with Gasteiger partial charge in [0.15, 0.2) is 0 Å². The lowest BCUT2D eigenvalue weighted by Crippen LogP contribution is -2.33. The van der Waals surface area contributed by atoms with E-state index in [-0.39, 0.29) is 11.9 Å². The van der Waals surface area contributed by atoms with Crippen LogP contribution in [0.15, 0.2) is 24.3 Å². The van der Waals surface area contributed by atoms with E-state index in [0.29, 0.717) is 5.92 Å². The number of hydrogen-bond acceptors (Lipinski definition) is 3. The molecular weight excluding hydrogens is 238 g/mol. The van der Waals surface area contributed by atoms with E-state index in [0.717, 1.165) is 30.8 Å². The first-order valence-electron chi connectivity index (χ1n) is 6.81. The fourth-order valence-corrected chi connectivity index (χ4v) is 2.49. The second-order valence-corrected chi connectivity index (χ2v) is 5.60. The molecule has 0 saturated carbocycles. The molecular formula is C15H23N3O. The Morgan fingerprint density at radius 2 is 2.00 bits per heavy atom. The second kappa shape index (κ2) is 5.61. The summed E-state index contributed by atoms with van der Waals surface area (Å²) in [6, 6.07) is 7.92. The predicted molar refractivity (Wildman–Crippen MR) is 78.4 cm³/mol. The van der Waals surface area contributed by atoms with E-state index in [1.54, 1.807) is 0 Å². The average molecular weight is 261 g/mol. The van der Waals surface area contributed by atoms with E-state index in [2.05, 4.69) is 0 Å². The van der Waals surface area contributed by atoms with Gasteiger partial charge in [-0.3, -0.25) is 4.79 Å². The summed E-state index contributed by atoms with van der Waals surface area (Å²) in [4.78, 5) is 16.3. The monoisotopic (exact) mass is 261 g/mol. The van der Waals surface area contributed by atoms with Gasteiger partial charge in [-0.05, 0) is 43.5 Å². The highest BCUT2D eigenvalue weighted by atomic mass is 16.2. The highest BCUT2D eigenvalue weighted by Crippen LogP contribution is 2.21. The zero-order valence-corrected chi connectivity index (χ0v) is 12.0. The van der Waals surface area contributed by atoms with Crippen molar-refractivity contribution in [2.45, 2.75) is 19.4 Å². The van der Waals surface area contributed by atoms with Crippen molar-refractivity contribution in [3.63, 3.8) is 0 Å². The Bertz CT molecular complexity index is 439. The van der Waals surface area contributed by atoms with Crippen molar-refractivity contribution in [1.29, 1.82) is 0 Å². The van der Waals surface area contributed by atoms with Crippen LogP contribution in [0.25, 0.3) is 0 Å². The average Bonchev–Trinajstić information content (AvgIpc) is 2.87. The Morgan fingerprint density at radius 3 is 2.47 bits per heavy atom. The summed E-state index contributed by atoms with van der Waals surface area (Å²) >= 11 is 0. The third-order valence-electron chi connectivity index (χ3n) is 3.89. The number of hydrogen-bond donors (Lipinski definition) is 1. The molecule has 0 bridgehead atoms. The lowest BCUT2D eigenvalue weighted by atomic mass is 10.0. The van der Waals surface area contributed by atoms with Crippen LogP contribution in [-0.2, 0) is 0 Å². The van der Waals surface area contributed by atoms with Gasteiger partial charge in [-0.1, -0.05) is 0 Å². The topological polar surface area (TPSA) is 49.6 Å². The quantitative estimate of drug-likeness (QED) is 0.898. The van der Waals surface area contributed by atoms with Crippen LogP contribution >= 0.6 is 0 Å². The van der Waals surface area contributed by atoms with Gasteiger partial charge in [0.05, 0.1) is 0 Å². The third-order valence-corrected chi connectivity index (χ3v) is 3.89. The highest BCUT2D eigenvalue weighted by Gasteiger charge is 2.28. The lowest BCUT2D eigenvalue weighted by molar-refractivity contribution is 0.0786. The van der Waals surface area contributed by atoms with Crippen molar-refractivity contribution in [3.05, 3.63) is 29.8 Å². The molecule has 104 valence electrons. The molecule has 1 aromatic rings. The molecule has 0 radical (unpaired) electrons. The third kappa shape index (κ3) is 3.07. The molecule has 0 aromatic heterocycles. The number of nitrogens with zero attached hydrogens (tertiary/aromatic N) is 2. The van der Waals surface area contributed by atoms with Crippen LogP contribution in [0.1, 0.15) is 23.7 Å². The molecule has 2 atom stereocenters. The van der Waals surface area contributed by atoms with Crippen molar-refractivity contribution in [1.82, 2.24) is 4.90 Å². The summed E-state index contributed by atoms with van der Waals surface area (Å²) in [5.41, 5.74) is 7.77. The summed E-state index contributed by atoms with van der Waals surface area (Å²) in [5, 5.41) is 0. The molecule has 0 aliphatic carbocycles. The molecule has 2 rings (SSSR count). The van der Waals surface area contributed by atoms with Crippen LogP contribution in [0.4, 0.5) is 5.69 Å². The fraction of sp³-hybridized carbons (Fsp3) is 0.533. The van der Waals surface area contributed by atoms with Gasteiger partial charge < -0.3 is 15.5 Å². The van der Waals surface area contributed by atoms with Gasteiger partial charge in [0.25, 0.3) is 5.91 Å². The van der Waals surface area contributed by atoms with Crippen LogP contribution < -0.4 is 10.6 Å². The first kappa shape index (κ1) is 13.9. The molecule has 1 aliphatic rings. The van der Waals surface area contributed by atoms with Crippen molar-refractivity contribution in [2.24, 2.45) is 11.7 Å². The predicted octanol–water partition coefficient (Wildman–Crippen LogP) is 1.56. The molecule has 4 heteroatoms. The summed E-state index contributed by atoms with van der Waals surface area (Å²) in [6.07, 6.45) is 1.01. The molecule has 1 amide bonds. The molecule has 1 fully saturated rings. The summed E-state index contributed by atoms with van der Waals surface area (Å²) in [5.74, 6) is 0.554. The number of rotatable bonds is 3. The van der Waals surface area contributed by atoms with E-state index in [1.165, 1.54) is 0 Å². The fourth-order valence-electron chi connectivity index (χ4n) is 2.49. The Morgan fingerprint density at radius 1 is 1.37 bits per heavy atom. The first-order valence-corrected chi connectivity index (χ1v) is 6.81. The number of likely N-dealkylation sites (tertiary alicyclic amines) is 1. The van der Waals surface area contributed by atoms with E-state index < -0.39 is 0 Å². The van der Waals surface area contributed by atoms with Gasteiger partial charge in [0.2, 0.25) is 0 Å². The highest BCUT2D eigenvalue weighted by molar-refractivity contribution is 5.94. The maximum absolute atomic E-state index is 12.4. The molecule has 1 aliphatic heterocycles. The van der Waals surface area contributed by atoms with Crippen molar-refractivity contribution >= 4 is 11.6 Å². The smallest absolute Gasteiger partial charge is 0.253 e. The lowest BCUT2D eigenvalue weighted by Gasteiger charge is -2.19. The molecule has 2 N–H and O–H groups in total. The van der Waals surface area contributed by atoms with Gasteiger partial charge in [0.1, 0.15) is 0 Å². The maximum Gasteiger partial charge on any atom is 0.253 e. The summed E-state index contributed by atoms with van der Waals surface area (Å²) in [7, 11) is 3.98. The number of carbonyl (C=O) groups excluding carboxylic acids is 1. The molecule has 1 aromatic carbocycles. The van der Waals surface area contributed by atoms with Gasteiger partial charge >= 0.3 is 0 Å². The molecule has 2 unspecified atom stereocenters. The SMILES string of the molecule is CC(N)C1CCN(C(=O)c2ccc(N(C)C)cc2)C1. The van der Waals surface area contributed by atoms with Crippen molar-refractivity contribution in [2.75, 3.05) is 32.1 Å². The van der Waals surface area contributed by atoms with Crippen LogP contribution in [0.3, 0.4) is 0 Å². The molecule has 1 heterocycles. The van der Waals surface area contributed by atoms with Gasteiger partial charge in [-0.2, -0.15) is 0 Å². The zero-order valence-electron chi connectivity index (χ0n) is 12.0. The van der Waals surface area contributed by atoms with Crippen LogP contribution in [0, 0.1) is 5.92 Å². The summed E-state index contributed by atoms with van der Waals surface area (Å²) in [6.45, 7) is 3.62. The largest absolute Gasteiger partial charge is 0.378 e.